The van der Waals surface area contributed by atoms with Gasteiger partial charge in [-0.1, -0.05) is 18.2 Å². The number of thiazole rings is 1. The third-order valence-corrected chi connectivity index (χ3v) is 6.21. The Hall–Kier alpha value is -3.19. The first-order chi connectivity index (χ1) is 14.1. The van der Waals surface area contributed by atoms with Gasteiger partial charge in [0.25, 0.3) is 5.91 Å². The molecular weight excluding hydrogens is 384 g/mol. The van der Waals surface area contributed by atoms with Crippen LogP contribution >= 0.6 is 11.3 Å². The molecule has 0 fully saturated rings. The van der Waals surface area contributed by atoms with Crippen molar-refractivity contribution in [3.8, 4) is 16.3 Å². The third kappa shape index (κ3) is 3.27. The first-order valence-corrected chi connectivity index (χ1v) is 10.3. The standard InChI is InChI=1S/C22H20N4O2S/c1-13-16(12-26(2)25-13)22-24-18-8-7-14(11-20(18)29-22)21(27)23-17-9-10-28-19-6-4-3-5-15(17)19/h3-8,11-12,17H,9-10H2,1-2H3,(H,23,27). The first kappa shape index (κ1) is 17.9. The van der Waals surface area contributed by atoms with Crippen molar-refractivity contribution < 1.29 is 9.53 Å². The Morgan fingerprint density at radius 2 is 2.14 bits per heavy atom. The van der Waals surface area contributed by atoms with Gasteiger partial charge in [0.1, 0.15) is 10.8 Å². The van der Waals surface area contributed by atoms with Crippen molar-refractivity contribution in [1.82, 2.24) is 20.1 Å². The molecule has 1 amide bonds. The Morgan fingerprint density at radius 3 is 2.97 bits per heavy atom. The second-order valence-electron chi connectivity index (χ2n) is 7.20. The summed E-state index contributed by atoms with van der Waals surface area (Å²) in [4.78, 5) is 17.6. The Kier molecular flexibility index (Phi) is 4.32. The van der Waals surface area contributed by atoms with E-state index in [1.807, 2.05) is 62.6 Å². The summed E-state index contributed by atoms with van der Waals surface area (Å²) in [7, 11) is 1.90. The van der Waals surface area contributed by atoms with Crippen LogP contribution in [0.3, 0.4) is 0 Å². The second kappa shape index (κ2) is 7.00. The fraction of sp³-hybridized carbons (Fsp3) is 0.227. The van der Waals surface area contributed by atoms with Crippen LogP contribution in [0.15, 0.2) is 48.7 Å². The molecule has 146 valence electrons. The molecule has 6 nitrogen and oxygen atoms in total. The molecule has 0 radical (unpaired) electrons. The van der Waals surface area contributed by atoms with E-state index >= 15 is 0 Å². The third-order valence-electron chi connectivity index (χ3n) is 5.16. The topological polar surface area (TPSA) is 69.0 Å². The molecule has 29 heavy (non-hydrogen) atoms. The Labute approximate surface area is 172 Å². The summed E-state index contributed by atoms with van der Waals surface area (Å²) < 4.78 is 8.47. The zero-order valence-electron chi connectivity index (χ0n) is 16.2. The fourth-order valence-electron chi connectivity index (χ4n) is 3.72. The number of carbonyl (C=O) groups excluding carboxylic acids is 1. The van der Waals surface area contributed by atoms with Crippen LogP contribution in [-0.4, -0.2) is 27.3 Å². The highest BCUT2D eigenvalue weighted by atomic mass is 32.1. The molecular formula is C22H20N4O2S. The maximum Gasteiger partial charge on any atom is 0.251 e. The molecule has 3 heterocycles. The summed E-state index contributed by atoms with van der Waals surface area (Å²) in [5.74, 6) is 0.763. The summed E-state index contributed by atoms with van der Waals surface area (Å²) in [5, 5.41) is 8.47. The number of rotatable bonds is 3. The number of para-hydroxylation sites is 1. The van der Waals surface area contributed by atoms with Gasteiger partial charge in [-0.25, -0.2) is 4.98 Å². The molecule has 1 unspecified atom stereocenters. The van der Waals surface area contributed by atoms with Gasteiger partial charge in [-0.3, -0.25) is 9.48 Å². The van der Waals surface area contributed by atoms with Crippen molar-refractivity contribution >= 4 is 27.5 Å². The van der Waals surface area contributed by atoms with Gasteiger partial charge >= 0.3 is 0 Å². The van der Waals surface area contributed by atoms with Crippen LogP contribution in [0.4, 0.5) is 0 Å². The molecule has 1 N–H and O–H groups in total. The van der Waals surface area contributed by atoms with Crippen LogP contribution in [-0.2, 0) is 7.05 Å². The highest BCUT2D eigenvalue weighted by molar-refractivity contribution is 7.21. The van der Waals surface area contributed by atoms with Gasteiger partial charge in [0.2, 0.25) is 0 Å². The van der Waals surface area contributed by atoms with Gasteiger partial charge in [0.05, 0.1) is 34.1 Å². The largest absolute Gasteiger partial charge is 0.493 e. The fourth-order valence-corrected chi connectivity index (χ4v) is 4.79. The first-order valence-electron chi connectivity index (χ1n) is 9.52. The number of hydrogen-bond acceptors (Lipinski definition) is 5. The van der Waals surface area contributed by atoms with Crippen LogP contribution in [0, 0.1) is 6.92 Å². The summed E-state index contributed by atoms with van der Waals surface area (Å²) in [6.07, 6.45) is 2.74. The second-order valence-corrected chi connectivity index (χ2v) is 8.24. The molecule has 0 saturated heterocycles. The molecule has 2 aromatic carbocycles. The predicted octanol–water partition coefficient (Wildman–Crippen LogP) is 4.26. The average Bonchev–Trinajstić information content (AvgIpc) is 3.29. The van der Waals surface area contributed by atoms with Crippen LogP contribution in [0.2, 0.25) is 0 Å². The molecule has 1 atom stereocenters. The molecule has 0 aliphatic carbocycles. The lowest BCUT2D eigenvalue weighted by Gasteiger charge is -2.26. The Bertz CT molecular complexity index is 1230. The van der Waals surface area contributed by atoms with Crippen LogP contribution < -0.4 is 10.1 Å². The summed E-state index contributed by atoms with van der Waals surface area (Å²) in [5.41, 5.74) is 4.53. The van der Waals surface area contributed by atoms with Gasteiger partial charge in [0, 0.05) is 30.8 Å². The Balaban J connectivity index is 1.42. The quantitative estimate of drug-likeness (QED) is 0.554. The molecule has 1 aliphatic rings. The number of fused-ring (bicyclic) bond motifs is 2. The highest BCUT2D eigenvalue weighted by Crippen LogP contribution is 2.33. The van der Waals surface area contributed by atoms with Crippen molar-refractivity contribution in [2.45, 2.75) is 19.4 Å². The van der Waals surface area contributed by atoms with E-state index in [4.69, 9.17) is 9.72 Å². The summed E-state index contributed by atoms with van der Waals surface area (Å²) in [6.45, 7) is 2.58. The molecule has 4 aromatic rings. The monoisotopic (exact) mass is 404 g/mol. The van der Waals surface area contributed by atoms with Gasteiger partial charge < -0.3 is 10.1 Å². The lowest BCUT2D eigenvalue weighted by molar-refractivity contribution is 0.0925. The maximum atomic E-state index is 12.9. The molecule has 0 bridgehead atoms. The number of nitrogens with one attached hydrogen (secondary N) is 1. The minimum absolute atomic E-state index is 0.0433. The van der Waals surface area contributed by atoms with E-state index in [1.54, 1.807) is 16.0 Å². The van der Waals surface area contributed by atoms with Gasteiger partial charge in [-0.05, 0) is 31.2 Å². The summed E-state index contributed by atoms with van der Waals surface area (Å²) >= 11 is 1.58. The van der Waals surface area contributed by atoms with Gasteiger partial charge in [-0.15, -0.1) is 11.3 Å². The molecule has 5 rings (SSSR count). The molecule has 2 aromatic heterocycles. The van der Waals surface area contributed by atoms with E-state index in [0.29, 0.717) is 12.2 Å². The normalized spacial score (nSPS) is 15.7. The van der Waals surface area contributed by atoms with Gasteiger partial charge in [-0.2, -0.15) is 5.10 Å². The molecule has 7 heteroatoms. The number of aromatic nitrogens is 3. The smallest absolute Gasteiger partial charge is 0.251 e. The van der Waals surface area contributed by atoms with Crippen LogP contribution in [0.1, 0.15) is 34.1 Å². The summed E-state index contributed by atoms with van der Waals surface area (Å²) in [6, 6.07) is 13.5. The van der Waals surface area contributed by atoms with Crippen molar-refractivity contribution in [1.29, 1.82) is 0 Å². The zero-order chi connectivity index (χ0) is 20.0. The predicted molar refractivity (Wildman–Crippen MR) is 113 cm³/mol. The van der Waals surface area contributed by atoms with E-state index in [2.05, 4.69) is 10.4 Å². The van der Waals surface area contributed by atoms with Crippen molar-refractivity contribution in [3.05, 3.63) is 65.5 Å². The van der Waals surface area contributed by atoms with E-state index < -0.39 is 0 Å². The van der Waals surface area contributed by atoms with Crippen molar-refractivity contribution in [2.75, 3.05) is 6.61 Å². The minimum Gasteiger partial charge on any atom is -0.493 e. The Morgan fingerprint density at radius 1 is 1.28 bits per heavy atom. The van der Waals surface area contributed by atoms with Crippen LogP contribution in [0.5, 0.6) is 5.75 Å². The maximum absolute atomic E-state index is 12.9. The zero-order valence-corrected chi connectivity index (χ0v) is 17.0. The van der Waals surface area contributed by atoms with Crippen LogP contribution in [0.25, 0.3) is 20.8 Å². The molecule has 1 aliphatic heterocycles. The SMILES string of the molecule is Cc1nn(C)cc1-c1nc2ccc(C(=O)NC3CCOc4ccccc43)cc2s1. The van der Waals surface area contributed by atoms with Gasteiger partial charge in [0.15, 0.2) is 0 Å². The number of benzene rings is 2. The van der Waals surface area contributed by atoms with E-state index in [0.717, 1.165) is 44.2 Å². The van der Waals surface area contributed by atoms with Crippen molar-refractivity contribution in [2.24, 2.45) is 7.05 Å². The minimum atomic E-state index is -0.0823. The molecule has 0 saturated carbocycles. The average molecular weight is 404 g/mol. The number of nitrogens with zero attached hydrogens (tertiary/aromatic N) is 3. The van der Waals surface area contributed by atoms with E-state index in [-0.39, 0.29) is 11.9 Å². The highest BCUT2D eigenvalue weighted by Gasteiger charge is 2.23. The molecule has 0 spiro atoms. The lowest BCUT2D eigenvalue weighted by atomic mass is 10.00. The lowest BCUT2D eigenvalue weighted by Crippen LogP contribution is -2.32. The number of ether oxygens (including phenoxy) is 1. The van der Waals surface area contributed by atoms with E-state index in [1.165, 1.54) is 0 Å². The number of carbonyl (C=O) groups is 1. The number of hydrogen-bond donors (Lipinski definition) is 1. The number of amides is 1. The van der Waals surface area contributed by atoms with Crippen molar-refractivity contribution in [3.63, 3.8) is 0 Å². The van der Waals surface area contributed by atoms with E-state index in [9.17, 15) is 4.79 Å². The number of aryl methyl sites for hydroxylation is 2.